The van der Waals surface area contributed by atoms with Crippen molar-refractivity contribution in [3.8, 4) is 0 Å². The number of hydrogen-bond donors (Lipinski definition) is 0. The molecule has 1 aromatic rings. The van der Waals surface area contributed by atoms with Gasteiger partial charge >= 0.3 is 6.18 Å². The van der Waals surface area contributed by atoms with Gasteiger partial charge in [-0.3, -0.25) is 0 Å². The van der Waals surface area contributed by atoms with Gasteiger partial charge in [0.05, 0.1) is 5.56 Å². The predicted molar refractivity (Wildman–Crippen MR) is 53.6 cm³/mol. The predicted octanol–water partition coefficient (Wildman–Crippen LogP) is 4.26. The SMILES string of the molecule is [CH]=CCC(F)(F)Cc1ccc(C(F)(F)F)cc1. The Morgan fingerprint density at radius 2 is 1.53 bits per heavy atom. The fourth-order valence-corrected chi connectivity index (χ4v) is 1.35. The molecule has 93 valence electrons. The highest BCUT2D eigenvalue weighted by atomic mass is 19.4. The molecule has 0 fully saturated rings. The molecule has 0 aliphatic rings. The van der Waals surface area contributed by atoms with E-state index in [2.05, 4.69) is 0 Å². The Bertz CT molecular complexity index is 375. The van der Waals surface area contributed by atoms with Crippen molar-refractivity contribution in [3.05, 3.63) is 48.0 Å². The molecule has 0 unspecified atom stereocenters. The molecular formula is C12H10F5. The van der Waals surface area contributed by atoms with Crippen molar-refractivity contribution in [1.29, 1.82) is 0 Å². The van der Waals surface area contributed by atoms with E-state index in [0.29, 0.717) is 0 Å². The summed E-state index contributed by atoms with van der Waals surface area (Å²) in [4.78, 5) is 0. The van der Waals surface area contributed by atoms with E-state index in [4.69, 9.17) is 6.58 Å². The van der Waals surface area contributed by atoms with Gasteiger partial charge in [-0.1, -0.05) is 24.8 Å². The molecule has 0 aliphatic heterocycles. The maximum Gasteiger partial charge on any atom is 0.416 e. The van der Waals surface area contributed by atoms with Crippen LogP contribution in [0.3, 0.4) is 0 Å². The van der Waals surface area contributed by atoms with Crippen molar-refractivity contribution in [3.63, 3.8) is 0 Å². The summed E-state index contributed by atoms with van der Waals surface area (Å²) >= 11 is 0. The normalized spacial score (nSPS) is 12.5. The molecule has 0 N–H and O–H groups in total. The smallest absolute Gasteiger partial charge is 0.206 e. The van der Waals surface area contributed by atoms with Crippen LogP contribution >= 0.6 is 0 Å². The Balaban J connectivity index is 2.79. The van der Waals surface area contributed by atoms with Crippen molar-refractivity contribution in [2.45, 2.75) is 24.9 Å². The van der Waals surface area contributed by atoms with Crippen LogP contribution in [-0.2, 0) is 12.6 Å². The summed E-state index contributed by atoms with van der Waals surface area (Å²) in [5, 5.41) is 0. The lowest BCUT2D eigenvalue weighted by Crippen LogP contribution is -2.18. The second-order valence-corrected chi connectivity index (χ2v) is 3.67. The van der Waals surface area contributed by atoms with Crippen LogP contribution in [0, 0.1) is 6.58 Å². The van der Waals surface area contributed by atoms with E-state index in [0.717, 1.165) is 30.3 Å². The summed E-state index contributed by atoms with van der Waals surface area (Å²) < 4.78 is 62.8. The molecule has 0 heterocycles. The highest BCUT2D eigenvalue weighted by molar-refractivity contribution is 5.25. The molecule has 5 heteroatoms. The minimum Gasteiger partial charge on any atom is -0.206 e. The van der Waals surface area contributed by atoms with Crippen LogP contribution in [0.25, 0.3) is 0 Å². The van der Waals surface area contributed by atoms with Crippen LogP contribution in [0.2, 0.25) is 0 Å². The van der Waals surface area contributed by atoms with Gasteiger partial charge in [0, 0.05) is 12.8 Å². The van der Waals surface area contributed by atoms with Crippen molar-refractivity contribution >= 4 is 0 Å². The molecule has 1 rings (SSSR count). The van der Waals surface area contributed by atoms with Crippen LogP contribution < -0.4 is 0 Å². The Hall–Kier alpha value is -1.39. The van der Waals surface area contributed by atoms with Crippen LogP contribution in [0.5, 0.6) is 0 Å². The van der Waals surface area contributed by atoms with Gasteiger partial charge in [0.1, 0.15) is 0 Å². The Morgan fingerprint density at radius 3 is 1.94 bits per heavy atom. The zero-order valence-electron chi connectivity index (χ0n) is 8.77. The van der Waals surface area contributed by atoms with Crippen LogP contribution in [0.15, 0.2) is 30.3 Å². The third-order valence-corrected chi connectivity index (χ3v) is 2.16. The fraction of sp³-hybridized carbons (Fsp3) is 0.333. The second kappa shape index (κ2) is 4.85. The maximum atomic E-state index is 13.1. The zero-order chi connectivity index (χ0) is 13.1. The minimum absolute atomic E-state index is 0.143. The summed E-state index contributed by atoms with van der Waals surface area (Å²) in [6.07, 6.45) is -4.84. The van der Waals surface area contributed by atoms with Crippen LogP contribution in [-0.4, -0.2) is 5.92 Å². The van der Waals surface area contributed by atoms with E-state index in [1.54, 1.807) is 0 Å². The largest absolute Gasteiger partial charge is 0.416 e. The van der Waals surface area contributed by atoms with E-state index >= 15 is 0 Å². The average molecular weight is 249 g/mol. The first-order chi connectivity index (χ1) is 7.74. The number of hydrogen-bond acceptors (Lipinski definition) is 0. The molecule has 0 spiro atoms. The minimum atomic E-state index is -4.45. The number of halogens is 5. The molecule has 0 amide bonds. The molecular weight excluding hydrogens is 239 g/mol. The monoisotopic (exact) mass is 249 g/mol. The third kappa shape index (κ3) is 4.17. The van der Waals surface area contributed by atoms with Gasteiger partial charge in [-0.25, -0.2) is 8.78 Å². The number of alkyl halides is 5. The van der Waals surface area contributed by atoms with E-state index < -0.39 is 30.5 Å². The molecule has 17 heavy (non-hydrogen) atoms. The van der Waals surface area contributed by atoms with Crippen LogP contribution in [0.1, 0.15) is 17.5 Å². The van der Waals surface area contributed by atoms with Gasteiger partial charge in [0.15, 0.2) is 0 Å². The summed E-state index contributed by atoms with van der Waals surface area (Å²) in [6, 6.07) is 3.68. The Morgan fingerprint density at radius 1 is 1.00 bits per heavy atom. The third-order valence-electron chi connectivity index (χ3n) is 2.16. The van der Waals surface area contributed by atoms with Crippen molar-refractivity contribution in [1.82, 2.24) is 0 Å². The lowest BCUT2D eigenvalue weighted by molar-refractivity contribution is -0.137. The Kier molecular flexibility index (Phi) is 3.91. The van der Waals surface area contributed by atoms with E-state index in [1.807, 2.05) is 0 Å². The molecule has 0 saturated heterocycles. The zero-order valence-corrected chi connectivity index (χ0v) is 8.77. The maximum absolute atomic E-state index is 13.1. The van der Waals surface area contributed by atoms with Gasteiger partial charge in [-0.15, -0.1) is 0 Å². The summed E-state index contributed by atoms with van der Waals surface area (Å²) in [5.74, 6) is -3.03. The lowest BCUT2D eigenvalue weighted by Gasteiger charge is -2.14. The molecule has 0 aliphatic carbocycles. The lowest BCUT2D eigenvalue weighted by atomic mass is 10.0. The van der Waals surface area contributed by atoms with Crippen molar-refractivity contribution < 1.29 is 22.0 Å². The van der Waals surface area contributed by atoms with Crippen molar-refractivity contribution in [2.75, 3.05) is 0 Å². The highest BCUT2D eigenvalue weighted by Crippen LogP contribution is 2.30. The molecule has 1 aromatic carbocycles. The number of allylic oxidation sites excluding steroid dienone is 1. The van der Waals surface area contributed by atoms with Gasteiger partial charge in [-0.05, 0) is 17.7 Å². The van der Waals surface area contributed by atoms with Gasteiger partial charge in [0.25, 0.3) is 5.92 Å². The van der Waals surface area contributed by atoms with E-state index in [-0.39, 0.29) is 5.56 Å². The standard InChI is InChI=1S/C12H10F5/c1-2-7-11(13,14)8-9-3-5-10(6-4-9)12(15,16)17/h1-6H,7-8H2. The average Bonchev–Trinajstić information content (AvgIpc) is 2.16. The second-order valence-electron chi connectivity index (χ2n) is 3.67. The first-order valence-corrected chi connectivity index (χ1v) is 4.82. The molecule has 0 aromatic heterocycles. The fourth-order valence-electron chi connectivity index (χ4n) is 1.35. The topological polar surface area (TPSA) is 0 Å². The van der Waals surface area contributed by atoms with Crippen LogP contribution in [0.4, 0.5) is 22.0 Å². The first-order valence-electron chi connectivity index (χ1n) is 4.82. The summed E-state index contributed by atoms with van der Waals surface area (Å²) in [6.45, 7) is 4.90. The molecule has 0 atom stereocenters. The van der Waals surface area contributed by atoms with Gasteiger partial charge < -0.3 is 0 Å². The molecule has 0 bridgehead atoms. The quantitative estimate of drug-likeness (QED) is 0.699. The van der Waals surface area contributed by atoms with Crippen molar-refractivity contribution in [2.24, 2.45) is 0 Å². The van der Waals surface area contributed by atoms with Gasteiger partial charge in [0.2, 0.25) is 0 Å². The molecule has 1 radical (unpaired) electrons. The molecule has 0 saturated carbocycles. The first kappa shape index (κ1) is 13.7. The summed E-state index contributed by atoms with van der Waals surface area (Å²) in [7, 11) is 0. The highest BCUT2D eigenvalue weighted by Gasteiger charge is 2.31. The number of benzene rings is 1. The Labute approximate surface area is 95.8 Å². The van der Waals surface area contributed by atoms with Gasteiger partial charge in [-0.2, -0.15) is 13.2 Å². The number of rotatable bonds is 4. The van der Waals surface area contributed by atoms with E-state index in [1.165, 1.54) is 0 Å². The van der Waals surface area contributed by atoms with E-state index in [9.17, 15) is 22.0 Å². The molecule has 0 nitrogen and oxygen atoms in total. The summed E-state index contributed by atoms with van der Waals surface area (Å²) in [5.41, 5.74) is -0.709.